The first-order valence-electron chi connectivity index (χ1n) is 11.9. The number of benzene rings is 4. The molecule has 164 valence electrons. The second kappa shape index (κ2) is 8.40. The summed E-state index contributed by atoms with van der Waals surface area (Å²) in [7, 11) is 0. The molecule has 1 amide bonds. The van der Waals surface area contributed by atoms with Gasteiger partial charge in [-0.15, -0.1) is 0 Å². The van der Waals surface area contributed by atoms with Crippen molar-refractivity contribution in [3.63, 3.8) is 0 Å². The third kappa shape index (κ3) is 3.68. The second-order valence-corrected chi connectivity index (χ2v) is 9.19. The van der Waals surface area contributed by atoms with Crippen LogP contribution in [0.15, 0.2) is 91.0 Å². The Morgan fingerprint density at radius 1 is 0.848 bits per heavy atom. The lowest BCUT2D eigenvalue weighted by atomic mass is 9.81. The Morgan fingerprint density at radius 2 is 1.58 bits per heavy atom. The topological polar surface area (TPSA) is 29.5 Å². The maximum absolute atomic E-state index is 13.1. The van der Waals surface area contributed by atoms with Crippen LogP contribution in [0.3, 0.4) is 0 Å². The van der Waals surface area contributed by atoms with Crippen LogP contribution in [-0.2, 0) is 11.3 Å². The van der Waals surface area contributed by atoms with Gasteiger partial charge in [0.05, 0.1) is 6.04 Å². The van der Waals surface area contributed by atoms with E-state index < -0.39 is 0 Å². The van der Waals surface area contributed by atoms with Gasteiger partial charge in [-0.1, -0.05) is 84.9 Å². The van der Waals surface area contributed by atoms with Crippen molar-refractivity contribution in [2.24, 2.45) is 0 Å². The molecule has 0 radical (unpaired) electrons. The summed E-state index contributed by atoms with van der Waals surface area (Å²) in [6.45, 7) is 0.321. The van der Waals surface area contributed by atoms with Gasteiger partial charge in [0, 0.05) is 6.04 Å². The minimum atomic E-state index is -0.188. The first-order chi connectivity index (χ1) is 16.3. The minimum Gasteiger partial charge on any atom is -0.445 e. The first kappa shape index (κ1) is 20.0. The lowest BCUT2D eigenvalue weighted by Crippen LogP contribution is -2.51. The van der Waals surface area contributed by atoms with Crippen molar-refractivity contribution < 1.29 is 9.53 Å². The molecule has 2 aliphatic heterocycles. The summed E-state index contributed by atoms with van der Waals surface area (Å²) >= 11 is 0. The van der Waals surface area contributed by atoms with Crippen LogP contribution >= 0.6 is 0 Å². The van der Waals surface area contributed by atoms with Crippen molar-refractivity contribution in [2.45, 2.75) is 44.4 Å². The molecule has 2 unspecified atom stereocenters. The van der Waals surface area contributed by atoms with Crippen molar-refractivity contribution >= 4 is 33.2 Å². The molecular weight excluding hydrogens is 406 g/mol. The Morgan fingerprint density at radius 3 is 2.39 bits per heavy atom. The lowest BCUT2D eigenvalue weighted by Gasteiger charge is -2.44. The summed E-state index contributed by atoms with van der Waals surface area (Å²) in [5.74, 6) is 0. The number of hydrogen-bond acceptors (Lipinski definition) is 2. The number of hydrogen-bond donors (Lipinski definition) is 0. The molecule has 1 fully saturated rings. The highest BCUT2D eigenvalue weighted by Gasteiger charge is 2.38. The molecule has 2 aliphatic rings. The molecule has 4 aromatic carbocycles. The first-order valence-corrected chi connectivity index (χ1v) is 11.9. The Bertz CT molecular complexity index is 1360. The van der Waals surface area contributed by atoms with E-state index in [1.54, 1.807) is 0 Å². The number of piperidine rings is 1. The van der Waals surface area contributed by atoms with Crippen LogP contribution in [0.2, 0.25) is 0 Å². The largest absolute Gasteiger partial charge is 0.445 e. The van der Waals surface area contributed by atoms with Crippen LogP contribution in [-0.4, -0.2) is 23.1 Å². The third-order valence-electron chi connectivity index (χ3n) is 7.17. The van der Waals surface area contributed by atoms with Crippen LogP contribution in [0.25, 0.3) is 27.1 Å². The predicted molar refractivity (Wildman–Crippen MR) is 134 cm³/mol. The van der Waals surface area contributed by atoms with Crippen molar-refractivity contribution in [2.75, 3.05) is 0 Å². The van der Waals surface area contributed by atoms with E-state index in [9.17, 15) is 4.79 Å². The number of rotatable bonds is 3. The van der Waals surface area contributed by atoms with E-state index in [2.05, 4.69) is 60.7 Å². The molecular formula is C30H27NO2. The van der Waals surface area contributed by atoms with Crippen LogP contribution in [0.4, 0.5) is 4.79 Å². The van der Waals surface area contributed by atoms with Gasteiger partial charge in [0.15, 0.2) is 0 Å². The maximum atomic E-state index is 13.1. The van der Waals surface area contributed by atoms with Gasteiger partial charge in [-0.3, -0.25) is 4.90 Å². The van der Waals surface area contributed by atoms with Gasteiger partial charge in [0.1, 0.15) is 6.61 Å². The van der Waals surface area contributed by atoms with Gasteiger partial charge >= 0.3 is 6.09 Å². The van der Waals surface area contributed by atoms with Crippen LogP contribution in [0.1, 0.15) is 36.8 Å². The highest BCUT2D eigenvalue weighted by atomic mass is 16.6. The summed E-state index contributed by atoms with van der Waals surface area (Å²) < 4.78 is 5.73. The average Bonchev–Trinajstić information content (AvgIpc) is 2.86. The Kier molecular flexibility index (Phi) is 5.10. The zero-order chi connectivity index (χ0) is 22.2. The van der Waals surface area contributed by atoms with Crippen LogP contribution in [0.5, 0.6) is 0 Å². The normalized spacial score (nSPS) is 20.0. The third-order valence-corrected chi connectivity index (χ3v) is 7.17. The standard InChI is InChI=1S/C30H27NO2/c32-30(33-20-21-9-2-1-3-10-21)31-24-12-8-13-25(31)18-23(17-24)29-19-22-11-4-5-14-26(22)27-15-6-7-16-28(27)29/h1-7,9-11,14-17,19,24-25H,8,12-13,18,20H2. The van der Waals surface area contributed by atoms with Crippen LogP contribution < -0.4 is 0 Å². The molecule has 0 aliphatic carbocycles. The average molecular weight is 434 g/mol. The molecule has 1 saturated heterocycles. The van der Waals surface area contributed by atoms with Crippen molar-refractivity contribution in [1.82, 2.24) is 4.90 Å². The van der Waals surface area contributed by atoms with E-state index in [1.165, 1.54) is 32.7 Å². The predicted octanol–water partition coefficient (Wildman–Crippen LogP) is 7.34. The molecule has 3 heteroatoms. The number of carbonyl (C=O) groups excluding carboxylic acids is 1. The molecule has 3 nitrogen and oxygen atoms in total. The highest BCUT2D eigenvalue weighted by molar-refractivity contribution is 6.12. The van der Waals surface area contributed by atoms with E-state index >= 15 is 0 Å². The molecule has 2 bridgehead atoms. The number of nitrogens with zero attached hydrogens (tertiary/aromatic N) is 1. The van der Waals surface area contributed by atoms with Gasteiger partial charge in [-0.2, -0.15) is 0 Å². The molecule has 2 atom stereocenters. The van der Waals surface area contributed by atoms with Crippen molar-refractivity contribution in [3.05, 3.63) is 102 Å². The summed E-state index contributed by atoms with van der Waals surface area (Å²) in [4.78, 5) is 15.1. The zero-order valence-corrected chi connectivity index (χ0v) is 18.6. The molecule has 33 heavy (non-hydrogen) atoms. The second-order valence-electron chi connectivity index (χ2n) is 9.19. The molecule has 2 heterocycles. The summed E-state index contributed by atoms with van der Waals surface area (Å²) in [5.41, 5.74) is 3.68. The van der Waals surface area contributed by atoms with Gasteiger partial charge in [-0.05, 0) is 70.0 Å². The fraction of sp³-hybridized carbons (Fsp3) is 0.233. The molecule has 6 rings (SSSR count). The minimum absolute atomic E-state index is 0.0982. The van der Waals surface area contributed by atoms with Gasteiger partial charge in [-0.25, -0.2) is 4.79 Å². The molecule has 0 N–H and O–H groups in total. The molecule has 0 aromatic heterocycles. The van der Waals surface area contributed by atoms with E-state index in [0.717, 1.165) is 31.2 Å². The summed E-state index contributed by atoms with van der Waals surface area (Å²) in [6.07, 6.45) is 6.19. The fourth-order valence-corrected chi connectivity index (χ4v) is 5.63. The van der Waals surface area contributed by atoms with E-state index in [4.69, 9.17) is 4.74 Å². The van der Waals surface area contributed by atoms with E-state index in [1.807, 2.05) is 35.2 Å². The SMILES string of the molecule is O=C(OCc1ccccc1)N1C2C=C(c3cc4ccccc4c4ccccc34)CC1CCC2. The number of fused-ring (bicyclic) bond motifs is 5. The Hall–Kier alpha value is -3.59. The van der Waals surface area contributed by atoms with Crippen molar-refractivity contribution in [3.8, 4) is 0 Å². The Balaban J connectivity index is 1.34. The van der Waals surface area contributed by atoms with Crippen LogP contribution in [0, 0.1) is 0 Å². The fourth-order valence-electron chi connectivity index (χ4n) is 5.63. The molecule has 4 aromatic rings. The molecule has 0 spiro atoms. The summed E-state index contributed by atoms with van der Waals surface area (Å²) in [6, 6.07) is 29.8. The summed E-state index contributed by atoms with van der Waals surface area (Å²) in [5, 5.41) is 5.14. The monoisotopic (exact) mass is 433 g/mol. The maximum Gasteiger partial charge on any atom is 0.410 e. The quantitative estimate of drug-likeness (QED) is 0.316. The zero-order valence-electron chi connectivity index (χ0n) is 18.6. The highest BCUT2D eigenvalue weighted by Crippen LogP contribution is 2.41. The van der Waals surface area contributed by atoms with E-state index in [-0.39, 0.29) is 18.2 Å². The Labute approximate surface area is 194 Å². The number of ether oxygens (including phenoxy) is 1. The van der Waals surface area contributed by atoms with Gasteiger partial charge < -0.3 is 4.74 Å². The number of carbonyl (C=O) groups is 1. The number of amides is 1. The van der Waals surface area contributed by atoms with Crippen molar-refractivity contribution in [1.29, 1.82) is 0 Å². The van der Waals surface area contributed by atoms with E-state index in [0.29, 0.717) is 6.61 Å². The van der Waals surface area contributed by atoms with Gasteiger partial charge in [0.25, 0.3) is 0 Å². The smallest absolute Gasteiger partial charge is 0.410 e. The molecule has 0 saturated carbocycles. The van der Waals surface area contributed by atoms with Gasteiger partial charge in [0.2, 0.25) is 0 Å². The lowest BCUT2D eigenvalue weighted by molar-refractivity contribution is 0.0510.